The van der Waals surface area contributed by atoms with Gasteiger partial charge in [0, 0.05) is 48.7 Å². The van der Waals surface area contributed by atoms with Crippen molar-refractivity contribution in [3.63, 3.8) is 0 Å². The van der Waals surface area contributed by atoms with Crippen molar-refractivity contribution in [3.8, 4) is 0 Å². The quantitative estimate of drug-likeness (QED) is 0.382. The Morgan fingerprint density at radius 3 is 2.59 bits per heavy atom. The monoisotopic (exact) mass is 426 g/mol. The van der Waals surface area contributed by atoms with Crippen LogP contribution in [0.25, 0.3) is 10.9 Å². The second kappa shape index (κ2) is 8.62. The van der Waals surface area contributed by atoms with Gasteiger partial charge in [-0.25, -0.2) is 4.39 Å². The smallest absolute Gasteiger partial charge is 0.223 e. The summed E-state index contributed by atoms with van der Waals surface area (Å²) < 4.78 is 16.4. The predicted molar refractivity (Wildman–Crippen MR) is 126 cm³/mol. The molecule has 1 atom stereocenters. The number of carbonyl (C=O) groups is 1. The van der Waals surface area contributed by atoms with E-state index in [1.807, 2.05) is 6.07 Å². The normalized spacial score (nSPS) is 16.6. The van der Waals surface area contributed by atoms with Gasteiger partial charge in [-0.15, -0.1) is 0 Å². The maximum Gasteiger partial charge on any atom is 0.223 e. The Kier molecular flexibility index (Phi) is 5.52. The van der Waals surface area contributed by atoms with Gasteiger partial charge in [-0.05, 0) is 42.5 Å². The van der Waals surface area contributed by atoms with E-state index in [9.17, 15) is 9.18 Å². The summed E-state index contributed by atoms with van der Waals surface area (Å²) in [5.41, 5.74) is 5.55. The average Bonchev–Trinajstić information content (AvgIpc) is 3.15. The Morgan fingerprint density at radius 2 is 1.78 bits per heavy atom. The lowest BCUT2D eigenvalue weighted by molar-refractivity contribution is -0.134. The molecule has 5 rings (SSSR count). The van der Waals surface area contributed by atoms with Gasteiger partial charge in [0.1, 0.15) is 5.82 Å². The standard InChI is InChI=1S/C28H27FN2O/c1-20-7-6-8-21(15-20)17-31-19-25(24-10-3-5-12-27(24)31)22-13-14-30(28(32)16-22)18-23-9-2-4-11-26(23)29/h2-12,15,19,22H,13-14,16-18H2,1H3. The number of piperidine rings is 1. The molecule has 1 amide bonds. The van der Waals surface area contributed by atoms with Crippen LogP contribution in [-0.2, 0) is 17.9 Å². The minimum absolute atomic E-state index is 0.0972. The highest BCUT2D eigenvalue weighted by Crippen LogP contribution is 2.35. The Balaban J connectivity index is 1.38. The molecule has 0 bridgehead atoms. The van der Waals surface area contributed by atoms with Crippen LogP contribution in [0, 0.1) is 12.7 Å². The van der Waals surface area contributed by atoms with Gasteiger partial charge in [0.25, 0.3) is 0 Å². The van der Waals surface area contributed by atoms with Gasteiger partial charge in [-0.2, -0.15) is 0 Å². The topological polar surface area (TPSA) is 25.2 Å². The summed E-state index contributed by atoms with van der Waals surface area (Å²) in [6, 6.07) is 23.8. The van der Waals surface area contributed by atoms with E-state index in [0.717, 1.165) is 13.0 Å². The zero-order valence-electron chi connectivity index (χ0n) is 18.3. The Morgan fingerprint density at radius 1 is 0.969 bits per heavy atom. The summed E-state index contributed by atoms with van der Waals surface area (Å²) in [5.74, 6) is 0.0321. The molecule has 4 aromatic rings. The number of nitrogens with zero attached hydrogens (tertiary/aromatic N) is 2. The Labute approximate surface area is 188 Å². The molecule has 3 nitrogen and oxygen atoms in total. The van der Waals surface area contributed by atoms with Gasteiger partial charge >= 0.3 is 0 Å². The number of fused-ring (bicyclic) bond motifs is 1. The molecule has 162 valence electrons. The summed E-state index contributed by atoms with van der Waals surface area (Å²) >= 11 is 0. The van der Waals surface area contributed by atoms with Gasteiger partial charge in [-0.1, -0.05) is 66.2 Å². The number of hydrogen-bond donors (Lipinski definition) is 0. The fourth-order valence-electron chi connectivity index (χ4n) is 4.88. The molecule has 2 heterocycles. The van der Waals surface area contributed by atoms with Gasteiger partial charge in [0.2, 0.25) is 5.91 Å². The van der Waals surface area contributed by atoms with Crippen molar-refractivity contribution < 1.29 is 9.18 Å². The number of hydrogen-bond acceptors (Lipinski definition) is 1. The molecule has 1 aliphatic rings. The molecule has 1 unspecified atom stereocenters. The highest BCUT2D eigenvalue weighted by molar-refractivity contribution is 5.86. The number of aryl methyl sites for hydroxylation is 1. The molecule has 4 heteroatoms. The summed E-state index contributed by atoms with van der Waals surface area (Å²) in [7, 11) is 0. The molecule has 1 saturated heterocycles. The number of para-hydroxylation sites is 1. The van der Waals surface area contributed by atoms with E-state index in [0.29, 0.717) is 25.1 Å². The maximum absolute atomic E-state index is 14.1. The number of aromatic nitrogens is 1. The molecule has 1 fully saturated rings. The number of amides is 1. The number of likely N-dealkylation sites (tertiary alicyclic amines) is 1. The zero-order valence-corrected chi connectivity index (χ0v) is 18.3. The second-order valence-electron chi connectivity index (χ2n) is 8.81. The number of halogens is 1. The van der Waals surface area contributed by atoms with Crippen molar-refractivity contribution >= 4 is 16.8 Å². The fourth-order valence-corrected chi connectivity index (χ4v) is 4.88. The van der Waals surface area contributed by atoms with E-state index in [1.165, 1.54) is 33.7 Å². The van der Waals surface area contributed by atoms with Crippen LogP contribution >= 0.6 is 0 Å². The third-order valence-corrected chi connectivity index (χ3v) is 6.53. The van der Waals surface area contributed by atoms with Gasteiger partial charge in [0.15, 0.2) is 0 Å². The Hall–Kier alpha value is -3.40. The first-order valence-corrected chi connectivity index (χ1v) is 11.2. The van der Waals surface area contributed by atoms with Crippen molar-refractivity contribution in [1.29, 1.82) is 0 Å². The third-order valence-electron chi connectivity index (χ3n) is 6.53. The van der Waals surface area contributed by atoms with Crippen molar-refractivity contribution in [1.82, 2.24) is 9.47 Å². The molecule has 0 spiro atoms. The molecule has 0 aliphatic carbocycles. The summed E-state index contributed by atoms with van der Waals surface area (Å²) in [6.07, 6.45) is 3.59. The van der Waals surface area contributed by atoms with Crippen LogP contribution in [0.1, 0.15) is 41.0 Å². The van der Waals surface area contributed by atoms with E-state index in [2.05, 4.69) is 66.2 Å². The van der Waals surface area contributed by atoms with Crippen LogP contribution in [0.4, 0.5) is 4.39 Å². The van der Waals surface area contributed by atoms with E-state index in [1.54, 1.807) is 17.0 Å². The molecule has 32 heavy (non-hydrogen) atoms. The predicted octanol–water partition coefficient (Wildman–Crippen LogP) is 6.04. The largest absolute Gasteiger partial charge is 0.343 e. The van der Waals surface area contributed by atoms with E-state index in [-0.39, 0.29) is 17.6 Å². The number of benzene rings is 3. The first kappa shape index (κ1) is 20.5. The van der Waals surface area contributed by atoms with Gasteiger partial charge < -0.3 is 9.47 Å². The summed E-state index contributed by atoms with van der Waals surface area (Å²) in [6.45, 7) is 3.91. The van der Waals surface area contributed by atoms with Crippen molar-refractivity contribution in [2.75, 3.05) is 6.54 Å². The highest BCUT2D eigenvalue weighted by Gasteiger charge is 2.29. The summed E-state index contributed by atoms with van der Waals surface area (Å²) in [5, 5.41) is 1.22. The molecule has 3 aromatic carbocycles. The highest BCUT2D eigenvalue weighted by atomic mass is 19.1. The van der Waals surface area contributed by atoms with E-state index < -0.39 is 0 Å². The minimum Gasteiger partial charge on any atom is -0.343 e. The van der Waals surface area contributed by atoms with Gasteiger partial charge in [0.05, 0.1) is 0 Å². The molecule has 1 aromatic heterocycles. The zero-order chi connectivity index (χ0) is 22.1. The van der Waals surface area contributed by atoms with Crippen LogP contribution in [0.15, 0.2) is 79.0 Å². The second-order valence-corrected chi connectivity index (χ2v) is 8.81. The first-order chi connectivity index (χ1) is 15.6. The van der Waals surface area contributed by atoms with E-state index >= 15 is 0 Å². The molecule has 0 radical (unpaired) electrons. The minimum atomic E-state index is -0.248. The average molecular weight is 427 g/mol. The van der Waals surface area contributed by atoms with Crippen LogP contribution in [0.3, 0.4) is 0 Å². The van der Waals surface area contributed by atoms with Crippen molar-refractivity contribution in [2.45, 2.75) is 38.8 Å². The molecule has 0 N–H and O–H groups in total. The molecular formula is C28H27FN2O. The molecule has 0 saturated carbocycles. The fraction of sp³-hybridized carbons (Fsp3) is 0.250. The van der Waals surface area contributed by atoms with Crippen LogP contribution in [0.2, 0.25) is 0 Å². The number of rotatable bonds is 5. The molecule has 1 aliphatic heterocycles. The molecular weight excluding hydrogens is 399 g/mol. The Bertz CT molecular complexity index is 1280. The van der Waals surface area contributed by atoms with Crippen LogP contribution in [0.5, 0.6) is 0 Å². The van der Waals surface area contributed by atoms with Crippen molar-refractivity contribution in [3.05, 3.63) is 107 Å². The lowest BCUT2D eigenvalue weighted by Gasteiger charge is -2.32. The first-order valence-electron chi connectivity index (χ1n) is 11.2. The third kappa shape index (κ3) is 4.05. The number of carbonyl (C=O) groups excluding carboxylic acids is 1. The van der Waals surface area contributed by atoms with Crippen LogP contribution in [-0.4, -0.2) is 21.9 Å². The van der Waals surface area contributed by atoms with Crippen LogP contribution < -0.4 is 0 Å². The van der Waals surface area contributed by atoms with Gasteiger partial charge in [-0.3, -0.25) is 4.79 Å². The van der Waals surface area contributed by atoms with E-state index in [4.69, 9.17) is 0 Å². The lowest BCUT2D eigenvalue weighted by Crippen LogP contribution is -2.37. The summed E-state index contributed by atoms with van der Waals surface area (Å²) in [4.78, 5) is 14.8. The SMILES string of the molecule is Cc1cccc(Cn2cc(C3CCN(Cc4ccccc4F)C(=O)C3)c3ccccc32)c1. The lowest BCUT2D eigenvalue weighted by atomic mass is 9.88. The van der Waals surface area contributed by atoms with Crippen molar-refractivity contribution in [2.24, 2.45) is 0 Å². The maximum atomic E-state index is 14.1.